The van der Waals surface area contributed by atoms with E-state index in [0.29, 0.717) is 0 Å². The normalized spacial score (nSPS) is 26.8. The summed E-state index contributed by atoms with van der Waals surface area (Å²) in [5.74, 6) is 2.30. The van der Waals surface area contributed by atoms with Crippen molar-refractivity contribution < 1.29 is 0 Å². The number of fused-ring (bicyclic) bond motifs is 2. The van der Waals surface area contributed by atoms with Crippen molar-refractivity contribution in [1.29, 1.82) is 0 Å². The Morgan fingerprint density at radius 2 is 1.33 bits per heavy atom. The first kappa shape index (κ1) is 14.9. The van der Waals surface area contributed by atoms with Gasteiger partial charge in [0, 0.05) is 0 Å². The van der Waals surface area contributed by atoms with Crippen molar-refractivity contribution in [3.05, 3.63) is 35.4 Å². The molecule has 0 fully saturated rings. The highest BCUT2D eigenvalue weighted by Crippen LogP contribution is 2.38. The summed E-state index contributed by atoms with van der Waals surface area (Å²) in [4.78, 5) is 0. The predicted octanol–water partition coefficient (Wildman–Crippen LogP) is 6.20. The van der Waals surface area contributed by atoms with Crippen molar-refractivity contribution in [1.82, 2.24) is 0 Å². The molecule has 0 radical (unpaired) electrons. The Morgan fingerprint density at radius 1 is 0.833 bits per heavy atom. The number of rotatable bonds is 0. The Labute approximate surface area is 128 Å². The third kappa shape index (κ3) is 4.56. The summed E-state index contributed by atoms with van der Waals surface area (Å²) in [5.41, 5.74) is 2.37. The maximum Gasteiger partial charge on any atom is 0.104 e. The van der Waals surface area contributed by atoms with Gasteiger partial charge in [0.2, 0.25) is 0 Å². The molecule has 2 unspecified atom stereocenters. The molecule has 100 valence electrons. The molecule has 4 heteroatoms. The van der Waals surface area contributed by atoms with Gasteiger partial charge in [-0.3, -0.25) is 0 Å². The van der Waals surface area contributed by atoms with Gasteiger partial charge in [-0.15, -0.1) is 46.7 Å². The minimum absolute atomic E-state index is 0.0552. The maximum absolute atomic E-state index is 6.43. The molecule has 2 rings (SSSR count). The van der Waals surface area contributed by atoms with Crippen molar-refractivity contribution >= 4 is 46.7 Å². The van der Waals surface area contributed by atoms with E-state index in [-0.39, 0.29) is 9.42 Å². The van der Waals surface area contributed by atoms with E-state index < -0.39 is 0 Å². The molecule has 18 heavy (non-hydrogen) atoms. The number of hydrogen-bond acceptors (Lipinski definition) is 2. The molecule has 0 aromatic heterocycles. The summed E-state index contributed by atoms with van der Waals surface area (Å²) in [6, 6.07) is 8.42. The van der Waals surface area contributed by atoms with Crippen LogP contribution in [0.25, 0.3) is 0 Å². The van der Waals surface area contributed by atoms with Crippen LogP contribution in [0.15, 0.2) is 24.3 Å². The number of halogens is 2. The molecule has 2 bridgehead atoms. The molecule has 0 nitrogen and oxygen atoms in total. The van der Waals surface area contributed by atoms with Crippen molar-refractivity contribution in [3.63, 3.8) is 0 Å². The quantitative estimate of drug-likeness (QED) is 0.522. The summed E-state index contributed by atoms with van der Waals surface area (Å²) in [6.45, 7) is 0. The lowest BCUT2D eigenvalue weighted by molar-refractivity contribution is 0.711. The van der Waals surface area contributed by atoms with Crippen LogP contribution < -0.4 is 0 Å². The summed E-state index contributed by atoms with van der Waals surface area (Å²) in [5, 5.41) is 0. The van der Waals surface area contributed by atoms with Crippen molar-refractivity contribution in [3.8, 4) is 0 Å². The molecule has 1 aliphatic heterocycles. The van der Waals surface area contributed by atoms with Crippen LogP contribution in [0.2, 0.25) is 0 Å². The number of alkyl halides is 2. The van der Waals surface area contributed by atoms with E-state index >= 15 is 0 Å². The first-order chi connectivity index (χ1) is 8.77. The predicted molar refractivity (Wildman–Crippen MR) is 87.0 cm³/mol. The van der Waals surface area contributed by atoms with Crippen molar-refractivity contribution in [2.75, 3.05) is 11.5 Å². The average molecular weight is 321 g/mol. The Balaban J connectivity index is 2.12. The van der Waals surface area contributed by atoms with Crippen LogP contribution in [0.5, 0.6) is 0 Å². The van der Waals surface area contributed by atoms with Gasteiger partial charge in [0.15, 0.2) is 0 Å². The molecule has 0 amide bonds. The van der Waals surface area contributed by atoms with Gasteiger partial charge in [-0.2, -0.15) is 0 Å². The van der Waals surface area contributed by atoms with E-state index in [4.69, 9.17) is 23.2 Å². The van der Waals surface area contributed by atoms with Crippen LogP contribution in [0.4, 0.5) is 0 Å². The molecule has 0 aliphatic carbocycles. The molecule has 0 saturated carbocycles. The summed E-state index contributed by atoms with van der Waals surface area (Å²) in [7, 11) is 0. The van der Waals surface area contributed by atoms with E-state index in [9.17, 15) is 0 Å². The zero-order valence-electron chi connectivity index (χ0n) is 10.3. The first-order valence-corrected chi connectivity index (χ1v) is 9.35. The fourth-order valence-electron chi connectivity index (χ4n) is 1.97. The van der Waals surface area contributed by atoms with Gasteiger partial charge in [0.25, 0.3) is 0 Å². The molecule has 1 aromatic rings. The SMILES string of the molecule is ClC1SCCCCCCSC(Cl)c2cccc1c2. The van der Waals surface area contributed by atoms with Gasteiger partial charge in [0.05, 0.1) is 0 Å². The lowest BCUT2D eigenvalue weighted by atomic mass is 10.2. The standard InChI is InChI=1S/C14H18Cl2S2/c15-13-11-6-5-7-12(10-11)14(16)18-9-4-2-1-3-8-17-13/h5-7,10,13-14H,1-4,8-9H2. The molecule has 0 N–H and O–H groups in total. The van der Waals surface area contributed by atoms with E-state index in [1.54, 1.807) is 0 Å². The monoisotopic (exact) mass is 320 g/mol. The van der Waals surface area contributed by atoms with Gasteiger partial charge in [0.1, 0.15) is 9.42 Å². The highest BCUT2D eigenvalue weighted by Gasteiger charge is 2.13. The van der Waals surface area contributed by atoms with E-state index in [0.717, 1.165) is 11.5 Å². The van der Waals surface area contributed by atoms with Gasteiger partial charge < -0.3 is 0 Å². The third-order valence-corrected chi connectivity index (χ3v) is 6.44. The molecular weight excluding hydrogens is 303 g/mol. The molecular formula is C14H18Cl2S2. The smallest absolute Gasteiger partial charge is 0.104 e. The second-order valence-electron chi connectivity index (χ2n) is 4.46. The molecule has 1 heterocycles. The van der Waals surface area contributed by atoms with Gasteiger partial charge in [-0.25, -0.2) is 0 Å². The fourth-order valence-corrected chi connectivity index (χ4v) is 4.60. The van der Waals surface area contributed by atoms with Crippen LogP contribution in [-0.2, 0) is 0 Å². The van der Waals surface area contributed by atoms with E-state index in [1.807, 2.05) is 23.5 Å². The Kier molecular flexibility index (Phi) is 6.57. The summed E-state index contributed by atoms with van der Waals surface area (Å²) < 4.78 is 0.110. The first-order valence-electron chi connectivity index (χ1n) is 6.38. The van der Waals surface area contributed by atoms with Gasteiger partial charge in [-0.05, 0) is 35.5 Å². The second-order valence-corrected chi connectivity index (χ2v) is 8.27. The maximum atomic E-state index is 6.43. The molecule has 1 aromatic carbocycles. The molecule has 0 saturated heterocycles. The van der Waals surface area contributed by atoms with Crippen LogP contribution in [0, 0.1) is 0 Å². The number of benzene rings is 1. The summed E-state index contributed by atoms with van der Waals surface area (Å²) in [6.07, 6.45) is 5.15. The van der Waals surface area contributed by atoms with Crippen molar-refractivity contribution in [2.45, 2.75) is 35.1 Å². The molecule has 2 atom stereocenters. The highest BCUT2D eigenvalue weighted by molar-refractivity contribution is 8.00. The minimum atomic E-state index is 0.0552. The minimum Gasteiger partial charge on any atom is -0.137 e. The number of hydrogen-bond donors (Lipinski definition) is 0. The van der Waals surface area contributed by atoms with Gasteiger partial charge in [-0.1, -0.05) is 37.1 Å². The van der Waals surface area contributed by atoms with Crippen LogP contribution in [0.1, 0.15) is 46.2 Å². The second kappa shape index (κ2) is 7.94. The zero-order chi connectivity index (χ0) is 12.8. The van der Waals surface area contributed by atoms with Crippen LogP contribution in [-0.4, -0.2) is 11.5 Å². The lowest BCUT2D eigenvalue weighted by Gasteiger charge is -2.13. The van der Waals surface area contributed by atoms with E-state index in [2.05, 4.69) is 24.3 Å². The largest absolute Gasteiger partial charge is 0.137 e. The lowest BCUT2D eigenvalue weighted by Crippen LogP contribution is -1.92. The van der Waals surface area contributed by atoms with Crippen molar-refractivity contribution in [2.24, 2.45) is 0 Å². The van der Waals surface area contributed by atoms with Gasteiger partial charge >= 0.3 is 0 Å². The molecule has 1 aliphatic rings. The van der Waals surface area contributed by atoms with E-state index in [1.165, 1.54) is 36.8 Å². The number of thioether (sulfide) groups is 2. The topological polar surface area (TPSA) is 0 Å². The fraction of sp³-hybridized carbons (Fsp3) is 0.571. The zero-order valence-corrected chi connectivity index (χ0v) is 13.4. The molecule has 0 spiro atoms. The third-order valence-electron chi connectivity index (χ3n) is 3.00. The average Bonchev–Trinajstić information content (AvgIpc) is 2.41. The van der Waals surface area contributed by atoms with Crippen LogP contribution >= 0.6 is 46.7 Å². The Bertz CT molecular complexity index is 339. The Morgan fingerprint density at radius 3 is 1.83 bits per heavy atom. The highest BCUT2D eigenvalue weighted by atomic mass is 35.5. The summed E-state index contributed by atoms with van der Waals surface area (Å²) >= 11 is 16.5. The Hall–Kier alpha value is 0.500. The van der Waals surface area contributed by atoms with Crippen LogP contribution in [0.3, 0.4) is 0 Å².